The predicted octanol–water partition coefficient (Wildman–Crippen LogP) is 2.71. The molecule has 0 bridgehead atoms. The van der Waals surface area contributed by atoms with Crippen molar-refractivity contribution >= 4 is 17.7 Å². The van der Waals surface area contributed by atoms with Gasteiger partial charge in [-0.05, 0) is 26.3 Å². The minimum atomic E-state index is -0.463. The summed E-state index contributed by atoms with van der Waals surface area (Å²) < 4.78 is 11.5. The largest absolute Gasteiger partial charge is 0.461 e. The van der Waals surface area contributed by atoms with Crippen LogP contribution in [0.1, 0.15) is 39.0 Å². The number of allylic oxidation sites excluding steroid dienone is 1. The first-order chi connectivity index (χ1) is 11.0. The Labute approximate surface area is 133 Å². The van der Waals surface area contributed by atoms with Gasteiger partial charge < -0.3 is 19.1 Å². The summed E-state index contributed by atoms with van der Waals surface area (Å²) in [7, 11) is 0. The topological polar surface area (TPSA) is 86.4 Å². The van der Waals surface area contributed by atoms with Gasteiger partial charge in [0.25, 0.3) is 5.91 Å². The van der Waals surface area contributed by atoms with Gasteiger partial charge in [-0.1, -0.05) is 11.2 Å². The fraction of sp³-hybridized carbons (Fsp3) is 0.312. The molecule has 0 radical (unpaired) electrons. The van der Waals surface area contributed by atoms with Gasteiger partial charge in [0.2, 0.25) is 0 Å². The monoisotopic (exact) mass is 317 g/mol. The summed E-state index contributed by atoms with van der Waals surface area (Å²) in [4.78, 5) is 24.7. The average Bonchev–Trinajstić information content (AvgIpc) is 3.07. The SMILES string of the molecule is C=CCn1c(C)c(C(=O)Nc2ccon2)c(C)c1C(=O)OCC. The third-order valence-corrected chi connectivity index (χ3v) is 3.45. The molecule has 2 aromatic heterocycles. The van der Waals surface area contributed by atoms with Gasteiger partial charge in [-0.3, -0.25) is 4.79 Å². The molecule has 0 aliphatic carbocycles. The molecule has 1 N–H and O–H groups in total. The molecular formula is C16H19N3O4. The fourth-order valence-corrected chi connectivity index (χ4v) is 2.51. The van der Waals surface area contributed by atoms with Gasteiger partial charge in [-0.25, -0.2) is 4.79 Å². The lowest BCUT2D eigenvalue weighted by Crippen LogP contribution is -2.14. The van der Waals surface area contributed by atoms with Gasteiger partial charge in [-0.2, -0.15) is 0 Å². The molecule has 23 heavy (non-hydrogen) atoms. The van der Waals surface area contributed by atoms with Crippen molar-refractivity contribution in [1.82, 2.24) is 9.72 Å². The van der Waals surface area contributed by atoms with E-state index in [-0.39, 0.29) is 12.5 Å². The second-order valence-electron chi connectivity index (χ2n) is 4.89. The van der Waals surface area contributed by atoms with Crippen molar-refractivity contribution < 1.29 is 18.8 Å². The van der Waals surface area contributed by atoms with E-state index in [0.717, 1.165) is 0 Å². The Bertz CT molecular complexity index is 729. The first-order valence-electron chi connectivity index (χ1n) is 7.20. The molecule has 7 nitrogen and oxygen atoms in total. The van der Waals surface area contributed by atoms with Crippen LogP contribution in [0.15, 0.2) is 29.5 Å². The summed E-state index contributed by atoms with van der Waals surface area (Å²) in [6, 6.07) is 1.54. The van der Waals surface area contributed by atoms with Crippen LogP contribution in [0, 0.1) is 13.8 Å². The van der Waals surface area contributed by atoms with Gasteiger partial charge >= 0.3 is 5.97 Å². The summed E-state index contributed by atoms with van der Waals surface area (Å²) in [6.45, 7) is 9.58. The number of hydrogen-bond donors (Lipinski definition) is 1. The molecule has 2 rings (SSSR count). The van der Waals surface area contributed by atoms with Crippen LogP contribution in [0.2, 0.25) is 0 Å². The van der Waals surface area contributed by atoms with Crippen LogP contribution in [0.25, 0.3) is 0 Å². The fourth-order valence-electron chi connectivity index (χ4n) is 2.51. The molecule has 2 aromatic rings. The zero-order valence-corrected chi connectivity index (χ0v) is 13.4. The second kappa shape index (κ2) is 6.95. The number of rotatable bonds is 6. The molecule has 0 unspecified atom stereocenters. The van der Waals surface area contributed by atoms with E-state index in [1.54, 1.807) is 31.4 Å². The number of carbonyl (C=O) groups is 2. The summed E-state index contributed by atoms with van der Waals surface area (Å²) in [5.41, 5.74) is 1.99. The minimum absolute atomic E-state index is 0.261. The second-order valence-corrected chi connectivity index (χ2v) is 4.89. The normalized spacial score (nSPS) is 10.4. The van der Waals surface area contributed by atoms with E-state index >= 15 is 0 Å². The standard InChI is InChI=1S/C16H19N3O4/c1-5-8-19-11(4)13(10(3)14(19)16(21)22-6-2)15(20)17-12-7-9-23-18-12/h5,7,9H,1,6,8H2,2-4H3,(H,17,18,20). The van der Waals surface area contributed by atoms with Gasteiger partial charge in [-0.15, -0.1) is 6.58 Å². The van der Waals surface area contributed by atoms with Gasteiger partial charge in [0.1, 0.15) is 12.0 Å². The zero-order valence-electron chi connectivity index (χ0n) is 13.4. The zero-order chi connectivity index (χ0) is 17.0. The van der Waals surface area contributed by atoms with Crippen LogP contribution in [0.4, 0.5) is 5.82 Å². The molecule has 0 saturated heterocycles. The molecule has 0 fully saturated rings. The van der Waals surface area contributed by atoms with Gasteiger partial charge in [0, 0.05) is 18.3 Å². The molecule has 0 aromatic carbocycles. The summed E-state index contributed by atoms with van der Waals surface area (Å²) >= 11 is 0. The highest BCUT2D eigenvalue weighted by Crippen LogP contribution is 2.24. The maximum atomic E-state index is 12.5. The lowest BCUT2D eigenvalue weighted by molar-refractivity contribution is 0.0513. The van der Waals surface area contributed by atoms with E-state index in [4.69, 9.17) is 9.26 Å². The third-order valence-electron chi connectivity index (χ3n) is 3.45. The van der Waals surface area contributed by atoms with Crippen molar-refractivity contribution in [3.63, 3.8) is 0 Å². The number of amides is 1. The molecule has 7 heteroatoms. The van der Waals surface area contributed by atoms with Gasteiger partial charge in [0.15, 0.2) is 5.82 Å². The molecular weight excluding hydrogens is 298 g/mol. The number of carbonyl (C=O) groups excluding carboxylic acids is 2. The molecule has 122 valence electrons. The van der Waals surface area contributed by atoms with Crippen LogP contribution < -0.4 is 5.32 Å². The van der Waals surface area contributed by atoms with Crippen LogP contribution in [0.3, 0.4) is 0 Å². The average molecular weight is 317 g/mol. The van der Waals surface area contributed by atoms with Crippen LogP contribution in [-0.2, 0) is 11.3 Å². The van der Waals surface area contributed by atoms with Crippen LogP contribution >= 0.6 is 0 Å². The highest BCUT2D eigenvalue weighted by atomic mass is 16.5. The molecule has 0 spiro atoms. The third kappa shape index (κ3) is 3.18. The van der Waals surface area contributed by atoms with Crippen molar-refractivity contribution in [2.24, 2.45) is 0 Å². The molecule has 0 atom stereocenters. The van der Waals surface area contributed by atoms with Crippen molar-refractivity contribution in [2.75, 3.05) is 11.9 Å². The van der Waals surface area contributed by atoms with E-state index < -0.39 is 5.97 Å². The number of anilines is 1. The molecule has 2 heterocycles. The van der Waals surface area contributed by atoms with Gasteiger partial charge in [0.05, 0.1) is 12.2 Å². The number of ether oxygens (including phenoxy) is 1. The Balaban J connectivity index is 2.47. The highest BCUT2D eigenvalue weighted by Gasteiger charge is 2.27. The van der Waals surface area contributed by atoms with E-state index in [1.165, 1.54) is 12.3 Å². The number of nitrogens with one attached hydrogen (secondary N) is 1. The summed E-state index contributed by atoms with van der Waals surface area (Å²) in [5.74, 6) is -0.513. The minimum Gasteiger partial charge on any atom is -0.461 e. The first-order valence-corrected chi connectivity index (χ1v) is 7.20. The smallest absolute Gasteiger partial charge is 0.355 e. The highest BCUT2D eigenvalue weighted by molar-refractivity contribution is 6.08. The Kier molecular flexibility index (Phi) is 5.00. The molecule has 0 saturated carbocycles. The number of aromatic nitrogens is 2. The lowest BCUT2D eigenvalue weighted by Gasteiger charge is -2.08. The first kappa shape index (κ1) is 16.5. The Morgan fingerprint density at radius 1 is 1.48 bits per heavy atom. The Hall–Kier alpha value is -2.83. The number of esters is 1. The van der Waals surface area contributed by atoms with E-state index in [9.17, 15) is 9.59 Å². The number of nitrogens with zero attached hydrogens (tertiary/aromatic N) is 2. The Morgan fingerprint density at radius 3 is 2.78 bits per heavy atom. The maximum Gasteiger partial charge on any atom is 0.355 e. The van der Waals surface area contributed by atoms with Crippen molar-refractivity contribution in [3.05, 3.63) is 47.5 Å². The van der Waals surface area contributed by atoms with E-state index in [0.29, 0.717) is 34.9 Å². The lowest BCUT2D eigenvalue weighted by atomic mass is 10.1. The molecule has 0 aliphatic heterocycles. The van der Waals surface area contributed by atoms with Crippen molar-refractivity contribution in [1.29, 1.82) is 0 Å². The molecule has 1 amide bonds. The Morgan fingerprint density at radius 2 is 2.22 bits per heavy atom. The predicted molar refractivity (Wildman–Crippen MR) is 84.5 cm³/mol. The van der Waals surface area contributed by atoms with Crippen LogP contribution in [-0.4, -0.2) is 28.2 Å². The van der Waals surface area contributed by atoms with Crippen molar-refractivity contribution in [3.8, 4) is 0 Å². The molecule has 0 aliphatic rings. The quantitative estimate of drug-likeness (QED) is 0.654. The van der Waals surface area contributed by atoms with Crippen molar-refractivity contribution in [2.45, 2.75) is 27.3 Å². The summed E-state index contributed by atoms with van der Waals surface area (Å²) in [5, 5.41) is 6.29. The van der Waals surface area contributed by atoms with Crippen LogP contribution in [0.5, 0.6) is 0 Å². The van der Waals surface area contributed by atoms with E-state index in [1.807, 2.05) is 0 Å². The maximum absolute atomic E-state index is 12.5. The number of hydrogen-bond acceptors (Lipinski definition) is 5. The van der Waals surface area contributed by atoms with E-state index in [2.05, 4.69) is 17.1 Å². The summed E-state index contributed by atoms with van der Waals surface area (Å²) in [6.07, 6.45) is 3.02.